The van der Waals surface area contributed by atoms with Crippen molar-refractivity contribution >= 4 is 17.4 Å². The average Bonchev–Trinajstić information content (AvgIpc) is 2.18. The maximum Gasteiger partial charge on any atom is 0.271 e. The van der Waals surface area contributed by atoms with Crippen molar-refractivity contribution in [3.8, 4) is 0 Å². The van der Waals surface area contributed by atoms with Gasteiger partial charge < -0.3 is 15.6 Å². The molecule has 0 saturated heterocycles. The second-order valence-corrected chi connectivity index (χ2v) is 3.81. The molecule has 0 aliphatic carbocycles. The third-order valence-electron chi connectivity index (χ3n) is 1.77. The van der Waals surface area contributed by atoms with Gasteiger partial charge >= 0.3 is 0 Å². The summed E-state index contributed by atoms with van der Waals surface area (Å²) in [5, 5.41) is 6.31. The zero-order valence-electron chi connectivity index (χ0n) is 8.80. The van der Waals surface area contributed by atoms with Crippen LogP contribution in [0.2, 0.25) is 5.02 Å². The van der Waals surface area contributed by atoms with Crippen molar-refractivity contribution < 1.29 is 0 Å². The topological polar surface area (TPSA) is 69.8 Å². The minimum absolute atomic E-state index is 0.0991. The fourth-order valence-corrected chi connectivity index (χ4v) is 1.22. The summed E-state index contributed by atoms with van der Waals surface area (Å²) < 4.78 is 0. The van der Waals surface area contributed by atoms with Gasteiger partial charge in [0.25, 0.3) is 5.56 Å². The van der Waals surface area contributed by atoms with Gasteiger partial charge in [0.2, 0.25) is 0 Å². The number of hydrogen-bond acceptors (Lipinski definition) is 4. The summed E-state index contributed by atoms with van der Waals surface area (Å²) in [6.07, 6.45) is 1.33. The van der Waals surface area contributed by atoms with Crippen LogP contribution in [0.25, 0.3) is 0 Å². The number of nitrogens with one attached hydrogen (secondary N) is 3. The summed E-state index contributed by atoms with van der Waals surface area (Å²) in [6.45, 7) is 5.60. The Hall–Kier alpha value is -1.07. The van der Waals surface area contributed by atoms with Gasteiger partial charge in [0.15, 0.2) is 5.82 Å². The summed E-state index contributed by atoms with van der Waals surface area (Å²) in [7, 11) is 0. The molecule has 1 aromatic heterocycles. The van der Waals surface area contributed by atoms with Crippen LogP contribution in [0.3, 0.4) is 0 Å². The Balaban J connectivity index is 2.44. The molecule has 0 amide bonds. The molecule has 3 N–H and O–H groups in total. The number of aromatic nitrogens is 2. The smallest absolute Gasteiger partial charge is 0.271 e. The van der Waals surface area contributed by atoms with Crippen molar-refractivity contribution in [3.05, 3.63) is 21.7 Å². The molecule has 0 radical (unpaired) electrons. The lowest BCUT2D eigenvalue weighted by atomic mass is 10.4. The van der Waals surface area contributed by atoms with Gasteiger partial charge in [-0.1, -0.05) is 25.4 Å². The molecule has 1 aromatic rings. The lowest BCUT2D eigenvalue weighted by Crippen LogP contribution is -2.28. The second-order valence-electron chi connectivity index (χ2n) is 3.43. The van der Waals surface area contributed by atoms with Crippen molar-refractivity contribution in [1.82, 2.24) is 15.3 Å². The maximum absolute atomic E-state index is 11.1. The van der Waals surface area contributed by atoms with Gasteiger partial charge in [-0.25, -0.2) is 4.98 Å². The lowest BCUT2D eigenvalue weighted by molar-refractivity contribution is 0.602. The van der Waals surface area contributed by atoms with E-state index in [1.165, 1.54) is 6.33 Å². The number of halogens is 1. The predicted octanol–water partition coefficient (Wildman–Crippen LogP) is 0.833. The maximum atomic E-state index is 11.1. The Bertz CT molecular complexity index is 363. The first-order valence-corrected chi connectivity index (χ1v) is 5.19. The highest BCUT2D eigenvalue weighted by Crippen LogP contribution is 2.10. The van der Waals surface area contributed by atoms with Crippen LogP contribution >= 0.6 is 11.6 Å². The first-order valence-electron chi connectivity index (χ1n) is 4.81. The van der Waals surface area contributed by atoms with E-state index >= 15 is 0 Å². The molecule has 84 valence electrons. The van der Waals surface area contributed by atoms with E-state index in [4.69, 9.17) is 11.6 Å². The second kappa shape index (κ2) is 5.72. The van der Waals surface area contributed by atoms with Crippen LogP contribution in [0.15, 0.2) is 11.1 Å². The van der Waals surface area contributed by atoms with Crippen LogP contribution in [0.1, 0.15) is 13.8 Å². The molecule has 0 aromatic carbocycles. The van der Waals surface area contributed by atoms with E-state index in [0.29, 0.717) is 18.4 Å². The van der Waals surface area contributed by atoms with Crippen molar-refractivity contribution in [3.63, 3.8) is 0 Å². The minimum atomic E-state index is -0.328. The lowest BCUT2D eigenvalue weighted by Gasteiger charge is -2.09. The molecule has 0 atom stereocenters. The Kier molecular flexibility index (Phi) is 4.58. The molecule has 15 heavy (non-hydrogen) atoms. The molecule has 0 unspecified atom stereocenters. The predicted molar refractivity (Wildman–Crippen MR) is 61.5 cm³/mol. The molecule has 1 heterocycles. The van der Waals surface area contributed by atoms with Gasteiger partial charge in [-0.3, -0.25) is 4.79 Å². The number of anilines is 1. The van der Waals surface area contributed by atoms with E-state index < -0.39 is 0 Å². The van der Waals surface area contributed by atoms with Crippen LogP contribution in [0.5, 0.6) is 0 Å². The molecule has 0 fully saturated rings. The Morgan fingerprint density at radius 3 is 2.93 bits per heavy atom. The highest BCUT2D eigenvalue weighted by atomic mass is 35.5. The molecular weight excluding hydrogens is 216 g/mol. The van der Waals surface area contributed by atoms with Crippen LogP contribution < -0.4 is 16.2 Å². The van der Waals surface area contributed by atoms with Crippen LogP contribution in [-0.4, -0.2) is 29.1 Å². The Morgan fingerprint density at radius 2 is 2.27 bits per heavy atom. The average molecular weight is 231 g/mol. The molecule has 0 aliphatic heterocycles. The SMILES string of the molecule is CC(C)NCCNc1nc[nH]c(=O)c1Cl. The fraction of sp³-hybridized carbons (Fsp3) is 0.556. The molecule has 0 saturated carbocycles. The van der Waals surface area contributed by atoms with Crippen molar-refractivity contribution in [2.45, 2.75) is 19.9 Å². The summed E-state index contributed by atoms with van der Waals surface area (Å²) >= 11 is 5.75. The molecule has 0 bridgehead atoms. The van der Waals surface area contributed by atoms with Crippen LogP contribution in [0, 0.1) is 0 Å². The third kappa shape index (κ3) is 3.89. The largest absolute Gasteiger partial charge is 0.367 e. The Labute approximate surface area is 93.3 Å². The fourth-order valence-electron chi connectivity index (χ4n) is 1.05. The highest BCUT2D eigenvalue weighted by molar-refractivity contribution is 6.32. The number of hydrogen-bond donors (Lipinski definition) is 3. The Morgan fingerprint density at radius 1 is 1.53 bits per heavy atom. The standard InChI is InChI=1S/C9H15ClN4O/c1-6(2)11-3-4-12-8-7(10)9(15)14-5-13-8/h5-6,11H,3-4H2,1-2H3,(H2,12,13,14,15). The minimum Gasteiger partial charge on any atom is -0.367 e. The van der Waals surface area contributed by atoms with Crippen molar-refractivity contribution in [1.29, 1.82) is 0 Å². The van der Waals surface area contributed by atoms with E-state index in [0.717, 1.165) is 6.54 Å². The van der Waals surface area contributed by atoms with Gasteiger partial charge in [-0.2, -0.15) is 0 Å². The van der Waals surface area contributed by atoms with E-state index in [1.807, 2.05) is 0 Å². The van der Waals surface area contributed by atoms with E-state index in [9.17, 15) is 4.79 Å². The molecule has 0 spiro atoms. The number of nitrogens with zero attached hydrogens (tertiary/aromatic N) is 1. The number of aromatic amines is 1. The molecule has 6 heteroatoms. The van der Waals surface area contributed by atoms with Gasteiger partial charge in [-0.05, 0) is 0 Å². The zero-order chi connectivity index (χ0) is 11.3. The molecular formula is C9H15ClN4O. The quantitative estimate of drug-likeness (QED) is 0.656. The third-order valence-corrected chi connectivity index (χ3v) is 2.12. The molecule has 0 aliphatic rings. The number of H-pyrrole nitrogens is 1. The van der Waals surface area contributed by atoms with E-state index in [2.05, 4.69) is 34.4 Å². The molecule has 1 rings (SSSR count). The van der Waals surface area contributed by atoms with Crippen molar-refractivity contribution in [2.24, 2.45) is 0 Å². The van der Waals surface area contributed by atoms with Gasteiger partial charge in [0.05, 0.1) is 6.33 Å². The van der Waals surface area contributed by atoms with Gasteiger partial charge in [0.1, 0.15) is 5.02 Å². The monoisotopic (exact) mass is 230 g/mol. The first-order chi connectivity index (χ1) is 7.11. The van der Waals surface area contributed by atoms with Crippen molar-refractivity contribution in [2.75, 3.05) is 18.4 Å². The summed E-state index contributed by atoms with van der Waals surface area (Å²) in [6, 6.07) is 0.439. The summed E-state index contributed by atoms with van der Waals surface area (Å²) in [5.41, 5.74) is -0.328. The first kappa shape index (κ1) is 12.0. The van der Waals surface area contributed by atoms with Gasteiger partial charge in [0, 0.05) is 19.1 Å². The van der Waals surface area contributed by atoms with E-state index in [-0.39, 0.29) is 10.6 Å². The normalized spacial score (nSPS) is 10.7. The van der Waals surface area contributed by atoms with Crippen LogP contribution in [-0.2, 0) is 0 Å². The number of rotatable bonds is 5. The zero-order valence-corrected chi connectivity index (χ0v) is 9.56. The van der Waals surface area contributed by atoms with Crippen LogP contribution in [0.4, 0.5) is 5.82 Å². The molecule has 5 nitrogen and oxygen atoms in total. The van der Waals surface area contributed by atoms with Gasteiger partial charge in [-0.15, -0.1) is 0 Å². The highest BCUT2D eigenvalue weighted by Gasteiger charge is 2.03. The summed E-state index contributed by atoms with van der Waals surface area (Å²) in [5.74, 6) is 0.422. The van der Waals surface area contributed by atoms with E-state index in [1.54, 1.807) is 0 Å². The summed E-state index contributed by atoms with van der Waals surface area (Å²) in [4.78, 5) is 17.4.